The van der Waals surface area contributed by atoms with E-state index < -0.39 is 0 Å². The molecular weight excluding hydrogens is 248 g/mol. The lowest BCUT2D eigenvalue weighted by Gasteiger charge is -2.38. The Morgan fingerprint density at radius 3 is 2.35 bits per heavy atom. The molecule has 1 aliphatic heterocycles. The standard InChI is InChI=1S/C17H26N2O/c1-13-5-7-15(8-6-13)14(2)19(4)16(20)17(3)9-11-18-12-10-17/h5-8,14,18H,9-12H2,1-4H3. The van der Waals surface area contributed by atoms with Gasteiger partial charge in [0.05, 0.1) is 6.04 Å². The summed E-state index contributed by atoms with van der Waals surface area (Å²) in [5, 5.41) is 3.33. The first-order valence-electron chi connectivity index (χ1n) is 7.48. The van der Waals surface area contributed by atoms with Crippen LogP contribution in [0.4, 0.5) is 0 Å². The highest BCUT2D eigenvalue weighted by molar-refractivity contribution is 5.82. The van der Waals surface area contributed by atoms with E-state index in [9.17, 15) is 4.79 Å². The predicted molar refractivity (Wildman–Crippen MR) is 82.6 cm³/mol. The van der Waals surface area contributed by atoms with Crippen LogP contribution in [0.1, 0.15) is 43.9 Å². The molecule has 110 valence electrons. The molecule has 3 nitrogen and oxygen atoms in total. The second-order valence-electron chi connectivity index (χ2n) is 6.31. The molecule has 0 aromatic heterocycles. The summed E-state index contributed by atoms with van der Waals surface area (Å²) in [4.78, 5) is 14.7. The summed E-state index contributed by atoms with van der Waals surface area (Å²) in [7, 11) is 1.93. The van der Waals surface area contributed by atoms with Crippen molar-refractivity contribution in [3.63, 3.8) is 0 Å². The van der Waals surface area contributed by atoms with Gasteiger partial charge in [-0.3, -0.25) is 4.79 Å². The van der Waals surface area contributed by atoms with E-state index in [-0.39, 0.29) is 17.4 Å². The summed E-state index contributed by atoms with van der Waals surface area (Å²) in [6.45, 7) is 8.17. The SMILES string of the molecule is Cc1ccc(C(C)N(C)C(=O)C2(C)CCNCC2)cc1. The van der Waals surface area contributed by atoms with Crippen LogP contribution in [-0.2, 0) is 4.79 Å². The second-order valence-corrected chi connectivity index (χ2v) is 6.31. The number of piperidine rings is 1. The highest BCUT2D eigenvalue weighted by Gasteiger charge is 2.37. The van der Waals surface area contributed by atoms with Crippen LogP contribution in [0.5, 0.6) is 0 Å². The number of amides is 1. The molecule has 1 amide bonds. The van der Waals surface area contributed by atoms with Crippen molar-refractivity contribution in [2.75, 3.05) is 20.1 Å². The highest BCUT2D eigenvalue weighted by Crippen LogP contribution is 2.33. The molecule has 1 aliphatic rings. The monoisotopic (exact) mass is 274 g/mol. The Morgan fingerprint density at radius 1 is 1.25 bits per heavy atom. The van der Waals surface area contributed by atoms with E-state index >= 15 is 0 Å². The third-order valence-corrected chi connectivity index (χ3v) is 4.68. The van der Waals surface area contributed by atoms with E-state index in [1.165, 1.54) is 11.1 Å². The number of hydrogen-bond acceptors (Lipinski definition) is 2. The Morgan fingerprint density at radius 2 is 1.80 bits per heavy atom. The summed E-state index contributed by atoms with van der Waals surface area (Å²) >= 11 is 0. The van der Waals surface area contributed by atoms with E-state index in [0.717, 1.165) is 25.9 Å². The summed E-state index contributed by atoms with van der Waals surface area (Å²) in [6.07, 6.45) is 1.85. The van der Waals surface area contributed by atoms with Gasteiger partial charge in [0.15, 0.2) is 0 Å². The zero-order valence-corrected chi connectivity index (χ0v) is 13.1. The van der Waals surface area contributed by atoms with Crippen molar-refractivity contribution in [1.82, 2.24) is 10.2 Å². The molecule has 1 saturated heterocycles. The molecule has 0 spiro atoms. The minimum Gasteiger partial charge on any atom is -0.339 e. The summed E-state index contributed by atoms with van der Waals surface area (Å²) in [6, 6.07) is 8.57. The Kier molecular flexibility index (Phi) is 4.48. The molecule has 0 saturated carbocycles. The molecule has 1 unspecified atom stereocenters. The van der Waals surface area contributed by atoms with Gasteiger partial charge in [0.1, 0.15) is 0 Å². The van der Waals surface area contributed by atoms with Gasteiger partial charge in [0.2, 0.25) is 5.91 Å². The number of nitrogens with zero attached hydrogens (tertiary/aromatic N) is 1. The van der Waals surface area contributed by atoms with Crippen molar-refractivity contribution < 1.29 is 4.79 Å². The minimum absolute atomic E-state index is 0.120. The number of benzene rings is 1. The van der Waals surface area contributed by atoms with Crippen LogP contribution in [0.2, 0.25) is 0 Å². The number of rotatable bonds is 3. The first kappa shape index (κ1) is 15.0. The van der Waals surface area contributed by atoms with Crippen LogP contribution in [0, 0.1) is 12.3 Å². The number of hydrogen-bond donors (Lipinski definition) is 1. The van der Waals surface area contributed by atoms with Gasteiger partial charge in [0.25, 0.3) is 0 Å². The molecule has 1 fully saturated rings. The van der Waals surface area contributed by atoms with E-state index in [1.807, 2.05) is 11.9 Å². The largest absolute Gasteiger partial charge is 0.339 e. The van der Waals surface area contributed by atoms with Crippen LogP contribution < -0.4 is 5.32 Å². The van der Waals surface area contributed by atoms with E-state index in [1.54, 1.807) is 0 Å². The van der Waals surface area contributed by atoms with Gasteiger partial charge in [-0.2, -0.15) is 0 Å². The van der Waals surface area contributed by atoms with E-state index in [0.29, 0.717) is 0 Å². The maximum Gasteiger partial charge on any atom is 0.228 e. The molecule has 0 aliphatic carbocycles. The van der Waals surface area contributed by atoms with Crippen LogP contribution in [-0.4, -0.2) is 30.9 Å². The van der Waals surface area contributed by atoms with Gasteiger partial charge in [-0.1, -0.05) is 36.8 Å². The van der Waals surface area contributed by atoms with Gasteiger partial charge in [-0.05, 0) is 45.3 Å². The zero-order valence-electron chi connectivity index (χ0n) is 13.1. The van der Waals surface area contributed by atoms with Gasteiger partial charge in [-0.25, -0.2) is 0 Å². The quantitative estimate of drug-likeness (QED) is 0.919. The third-order valence-electron chi connectivity index (χ3n) is 4.68. The average Bonchev–Trinajstić information content (AvgIpc) is 2.46. The summed E-state index contributed by atoms with van der Waals surface area (Å²) in [5.74, 6) is 0.270. The molecule has 3 heteroatoms. The zero-order chi connectivity index (χ0) is 14.8. The normalized spacial score (nSPS) is 19.4. The van der Waals surface area contributed by atoms with Gasteiger partial charge < -0.3 is 10.2 Å². The lowest BCUT2D eigenvalue weighted by molar-refractivity contribution is -0.143. The molecule has 20 heavy (non-hydrogen) atoms. The van der Waals surface area contributed by atoms with E-state index in [4.69, 9.17) is 0 Å². The van der Waals surface area contributed by atoms with Crippen molar-refractivity contribution in [3.8, 4) is 0 Å². The van der Waals surface area contributed by atoms with Crippen LogP contribution in [0.3, 0.4) is 0 Å². The fourth-order valence-corrected chi connectivity index (χ4v) is 2.86. The van der Waals surface area contributed by atoms with E-state index in [2.05, 4.69) is 50.4 Å². The minimum atomic E-state index is -0.209. The number of nitrogens with one attached hydrogen (secondary N) is 1. The number of aryl methyl sites for hydroxylation is 1. The topological polar surface area (TPSA) is 32.3 Å². The third kappa shape index (κ3) is 3.04. The van der Waals surface area contributed by atoms with Crippen molar-refractivity contribution >= 4 is 5.91 Å². The summed E-state index contributed by atoms with van der Waals surface area (Å²) in [5.41, 5.74) is 2.24. The summed E-state index contributed by atoms with van der Waals surface area (Å²) < 4.78 is 0. The van der Waals surface area contributed by atoms with Crippen LogP contribution in [0.25, 0.3) is 0 Å². The second kappa shape index (κ2) is 5.96. The lowest BCUT2D eigenvalue weighted by atomic mass is 9.79. The molecule has 1 heterocycles. The fourth-order valence-electron chi connectivity index (χ4n) is 2.86. The van der Waals surface area contributed by atoms with Gasteiger partial charge >= 0.3 is 0 Å². The smallest absolute Gasteiger partial charge is 0.228 e. The molecule has 2 rings (SSSR count). The van der Waals surface area contributed by atoms with Crippen molar-refractivity contribution in [2.24, 2.45) is 5.41 Å². The fraction of sp³-hybridized carbons (Fsp3) is 0.588. The Bertz CT molecular complexity index is 460. The number of carbonyl (C=O) groups is 1. The van der Waals surface area contributed by atoms with Crippen molar-refractivity contribution in [2.45, 2.75) is 39.7 Å². The highest BCUT2D eigenvalue weighted by atomic mass is 16.2. The van der Waals surface area contributed by atoms with Crippen LogP contribution >= 0.6 is 0 Å². The molecule has 1 atom stereocenters. The molecule has 1 aromatic rings. The molecule has 1 N–H and O–H groups in total. The Balaban J connectivity index is 2.11. The first-order valence-corrected chi connectivity index (χ1v) is 7.48. The first-order chi connectivity index (χ1) is 9.44. The maximum absolute atomic E-state index is 12.8. The van der Waals surface area contributed by atoms with Crippen LogP contribution in [0.15, 0.2) is 24.3 Å². The lowest BCUT2D eigenvalue weighted by Crippen LogP contribution is -2.47. The Hall–Kier alpha value is -1.35. The molecule has 0 radical (unpaired) electrons. The van der Waals surface area contributed by atoms with Crippen molar-refractivity contribution in [3.05, 3.63) is 35.4 Å². The van der Waals surface area contributed by atoms with Gasteiger partial charge in [0, 0.05) is 12.5 Å². The Labute approximate surface area is 122 Å². The maximum atomic E-state index is 12.8. The molecular formula is C17H26N2O. The van der Waals surface area contributed by atoms with Crippen molar-refractivity contribution in [1.29, 1.82) is 0 Å². The van der Waals surface area contributed by atoms with Gasteiger partial charge in [-0.15, -0.1) is 0 Å². The number of carbonyl (C=O) groups excluding carboxylic acids is 1. The molecule has 1 aromatic carbocycles. The predicted octanol–water partition coefficient (Wildman–Crippen LogP) is 2.90. The molecule has 0 bridgehead atoms. The average molecular weight is 274 g/mol.